The van der Waals surface area contributed by atoms with Gasteiger partial charge >= 0.3 is 0 Å². The van der Waals surface area contributed by atoms with Crippen molar-refractivity contribution < 1.29 is 21.9 Å². The summed E-state index contributed by atoms with van der Waals surface area (Å²) < 4.78 is 58.2. The normalized spacial score (nSPS) is 14.1. The molecule has 0 aromatic heterocycles. The van der Waals surface area contributed by atoms with E-state index in [4.69, 9.17) is 4.74 Å². The summed E-state index contributed by atoms with van der Waals surface area (Å²) in [5.74, 6) is -1.70. The molecule has 1 aliphatic heterocycles. The van der Waals surface area contributed by atoms with Crippen molar-refractivity contribution in [1.29, 1.82) is 0 Å². The Morgan fingerprint density at radius 2 is 1.91 bits per heavy atom. The fourth-order valence-electron chi connectivity index (χ4n) is 2.43. The lowest BCUT2D eigenvalue weighted by Crippen LogP contribution is -2.38. The van der Waals surface area contributed by atoms with Gasteiger partial charge in [0.2, 0.25) is 0 Å². The number of ether oxygens (including phenoxy) is 1. The molecule has 3 rings (SSSR count). The van der Waals surface area contributed by atoms with Gasteiger partial charge in [-0.1, -0.05) is 0 Å². The molecule has 1 N–H and O–H groups in total. The standard InChI is InChI=1S/C15H14F2N2O3S/c1-22-10-2-5-15-14(8-10)18-6-7-19(15)23(20,21)11-3-4-12(16)13(17)9-11/h2-5,8-9,18H,6-7H2,1H3. The van der Waals surface area contributed by atoms with Crippen LogP contribution >= 0.6 is 0 Å². The van der Waals surface area contributed by atoms with Crippen molar-refractivity contribution >= 4 is 21.4 Å². The second kappa shape index (κ2) is 5.69. The third-order valence-corrected chi connectivity index (χ3v) is 5.39. The van der Waals surface area contributed by atoms with Crippen LogP contribution in [0.3, 0.4) is 0 Å². The maximum Gasteiger partial charge on any atom is 0.264 e. The van der Waals surface area contributed by atoms with Gasteiger partial charge < -0.3 is 10.1 Å². The zero-order valence-corrected chi connectivity index (χ0v) is 13.0. The number of rotatable bonds is 3. The average molecular weight is 340 g/mol. The summed E-state index contributed by atoms with van der Waals surface area (Å²) in [6.07, 6.45) is 0. The first kappa shape index (κ1) is 15.5. The van der Waals surface area contributed by atoms with Crippen LogP contribution in [0.4, 0.5) is 20.2 Å². The van der Waals surface area contributed by atoms with E-state index in [0.29, 0.717) is 29.7 Å². The third kappa shape index (κ3) is 2.70. The molecule has 0 spiro atoms. The van der Waals surface area contributed by atoms with E-state index in [1.807, 2.05) is 0 Å². The largest absolute Gasteiger partial charge is 0.497 e. The maximum atomic E-state index is 13.4. The predicted molar refractivity (Wildman–Crippen MR) is 82.4 cm³/mol. The molecule has 0 saturated carbocycles. The van der Waals surface area contributed by atoms with E-state index in [9.17, 15) is 17.2 Å². The fraction of sp³-hybridized carbons (Fsp3) is 0.200. The molecule has 0 fully saturated rings. The molecule has 0 aliphatic carbocycles. The Kier molecular flexibility index (Phi) is 3.85. The molecule has 0 atom stereocenters. The molecule has 23 heavy (non-hydrogen) atoms. The van der Waals surface area contributed by atoms with Crippen LogP contribution in [0.25, 0.3) is 0 Å². The van der Waals surface area contributed by atoms with Gasteiger partial charge in [-0.2, -0.15) is 0 Å². The third-order valence-electron chi connectivity index (χ3n) is 3.58. The molecule has 0 radical (unpaired) electrons. The van der Waals surface area contributed by atoms with E-state index in [-0.39, 0.29) is 11.4 Å². The molecule has 0 saturated heterocycles. The van der Waals surface area contributed by atoms with E-state index >= 15 is 0 Å². The van der Waals surface area contributed by atoms with E-state index < -0.39 is 21.7 Å². The van der Waals surface area contributed by atoms with Gasteiger partial charge in [0, 0.05) is 12.6 Å². The number of nitrogens with zero attached hydrogens (tertiary/aromatic N) is 1. The summed E-state index contributed by atoms with van der Waals surface area (Å²) in [5.41, 5.74) is 1.03. The number of sulfonamides is 1. The summed E-state index contributed by atoms with van der Waals surface area (Å²) in [5, 5.41) is 3.09. The molecule has 0 unspecified atom stereocenters. The van der Waals surface area contributed by atoms with Crippen molar-refractivity contribution in [2.45, 2.75) is 4.90 Å². The van der Waals surface area contributed by atoms with Crippen LogP contribution in [0.2, 0.25) is 0 Å². The number of nitrogens with one attached hydrogen (secondary N) is 1. The Hall–Kier alpha value is -2.35. The monoisotopic (exact) mass is 340 g/mol. The minimum atomic E-state index is -3.99. The summed E-state index contributed by atoms with van der Waals surface area (Å²) in [6.45, 7) is 0.573. The fourth-order valence-corrected chi connectivity index (χ4v) is 3.92. The molecular weight excluding hydrogens is 326 g/mol. The van der Waals surface area contributed by atoms with Crippen molar-refractivity contribution in [2.75, 3.05) is 29.8 Å². The van der Waals surface area contributed by atoms with Gasteiger partial charge in [0.05, 0.1) is 29.9 Å². The molecule has 8 heteroatoms. The molecule has 2 aromatic rings. The van der Waals surface area contributed by atoms with Crippen LogP contribution in [0.1, 0.15) is 0 Å². The molecule has 1 aliphatic rings. The number of methoxy groups -OCH3 is 1. The Balaban J connectivity index is 2.07. The van der Waals surface area contributed by atoms with Crippen molar-refractivity contribution in [3.63, 3.8) is 0 Å². The smallest absolute Gasteiger partial charge is 0.264 e. The zero-order valence-electron chi connectivity index (χ0n) is 12.2. The second-order valence-electron chi connectivity index (χ2n) is 4.96. The second-order valence-corrected chi connectivity index (χ2v) is 6.83. The van der Waals surface area contributed by atoms with Gasteiger partial charge in [0.1, 0.15) is 5.75 Å². The average Bonchev–Trinajstić information content (AvgIpc) is 2.56. The lowest BCUT2D eigenvalue weighted by atomic mass is 10.2. The first-order valence-electron chi connectivity index (χ1n) is 6.83. The van der Waals surface area contributed by atoms with Crippen molar-refractivity contribution in [2.24, 2.45) is 0 Å². The first-order valence-corrected chi connectivity index (χ1v) is 8.27. The van der Waals surface area contributed by atoms with Crippen LogP contribution < -0.4 is 14.4 Å². The van der Waals surface area contributed by atoms with Crippen molar-refractivity contribution in [3.8, 4) is 5.75 Å². The minimum Gasteiger partial charge on any atom is -0.497 e. The highest BCUT2D eigenvalue weighted by Crippen LogP contribution is 2.35. The zero-order chi connectivity index (χ0) is 16.6. The lowest BCUT2D eigenvalue weighted by Gasteiger charge is -2.31. The summed E-state index contributed by atoms with van der Waals surface area (Å²) in [7, 11) is -2.47. The van der Waals surface area contributed by atoms with Gasteiger partial charge in [0.25, 0.3) is 10.0 Å². The molecule has 0 bridgehead atoms. The number of hydrogen-bond acceptors (Lipinski definition) is 4. The summed E-state index contributed by atoms with van der Waals surface area (Å²) >= 11 is 0. The molecular formula is C15H14F2N2O3S. The number of fused-ring (bicyclic) bond motifs is 1. The number of anilines is 2. The Morgan fingerprint density at radius 3 is 2.61 bits per heavy atom. The summed E-state index contributed by atoms with van der Waals surface area (Å²) in [4.78, 5) is -0.292. The highest BCUT2D eigenvalue weighted by atomic mass is 32.2. The van der Waals surface area contributed by atoms with Crippen molar-refractivity contribution in [1.82, 2.24) is 0 Å². The molecule has 5 nitrogen and oxygen atoms in total. The van der Waals surface area contributed by atoms with Crippen LogP contribution in [0.15, 0.2) is 41.3 Å². The van der Waals surface area contributed by atoms with Crippen LogP contribution in [-0.2, 0) is 10.0 Å². The quantitative estimate of drug-likeness (QED) is 0.933. The van der Waals surface area contributed by atoms with Crippen molar-refractivity contribution in [3.05, 3.63) is 48.0 Å². The lowest BCUT2D eigenvalue weighted by molar-refractivity contribution is 0.415. The highest BCUT2D eigenvalue weighted by molar-refractivity contribution is 7.92. The number of benzene rings is 2. The number of hydrogen-bond donors (Lipinski definition) is 1. The van der Waals surface area contributed by atoms with Gasteiger partial charge in [-0.05, 0) is 30.3 Å². The molecule has 1 heterocycles. The first-order chi connectivity index (χ1) is 10.9. The topological polar surface area (TPSA) is 58.6 Å². The predicted octanol–water partition coefficient (Wildman–Crippen LogP) is 2.59. The Bertz CT molecular complexity index is 856. The Labute approximate surface area is 132 Å². The Morgan fingerprint density at radius 1 is 1.13 bits per heavy atom. The van der Waals surface area contributed by atoms with Gasteiger partial charge in [-0.25, -0.2) is 17.2 Å². The van der Waals surface area contributed by atoms with E-state index in [2.05, 4.69) is 5.32 Å². The van der Waals surface area contributed by atoms with Gasteiger partial charge in [-0.3, -0.25) is 4.31 Å². The molecule has 122 valence electrons. The van der Waals surface area contributed by atoms with Crippen LogP contribution in [-0.4, -0.2) is 28.6 Å². The maximum absolute atomic E-state index is 13.4. The molecule has 0 amide bonds. The minimum absolute atomic E-state index is 0.181. The van der Waals surface area contributed by atoms with Crippen LogP contribution in [0.5, 0.6) is 5.75 Å². The van der Waals surface area contributed by atoms with Gasteiger partial charge in [0.15, 0.2) is 11.6 Å². The van der Waals surface area contributed by atoms with Crippen LogP contribution in [0, 0.1) is 11.6 Å². The summed E-state index contributed by atoms with van der Waals surface area (Å²) in [6, 6.07) is 7.48. The number of halogens is 2. The van der Waals surface area contributed by atoms with E-state index in [0.717, 1.165) is 12.1 Å². The SMILES string of the molecule is COc1ccc2c(c1)NCCN2S(=O)(=O)c1ccc(F)c(F)c1. The molecule has 2 aromatic carbocycles. The van der Waals surface area contributed by atoms with E-state index in [1.54, 1.807) is 18.2 Å². The van der Waals surface area contributed by atoms with Gasteiger partial charge in [-0.15, -0.1) is 0 Å². The highest BCUT2D eigenvalue weighted by Gasteiger charge is 2.30. The van der Waals surface area contributed by atoms with E-state index in [1.165, 1.54) is 11.4 Å².